The van der Waals surface area contributed by atoms with Crippen molar-refractivity contribution >= 4 is 34.6 Å². The number of ether oxygens (including phenoxy) is 2. The molecule has 1 aliphatic carbocycles. The van der Waals surface area contributed by atoms with Gasteiger partial charge in [-0.25, -0.2) is 9.78 Å². The van der Waals surface area contributed by atoms with Gasteiger partial charge in [-0.05, 0) is 66.1 Å². The molecule has 40 heavy (non-hydrogen) atoms. The van der Waals surface area contributed by atoms with Crippen LogP contribution in [0.3, 0.4) is 0 Å². The van der Waals surface area contributed by atoms with Crippen LogP contribution >= 0.6 is 11.6 Å². The monoisotopic (exact) mass is 560 g/mol. The highest BCUT2D eigenvalue weighted by atomic mass is 35.5. The number of nitrogen functional groups attached to an aromatic ring is 1. The van der Waals surface area contributed by atoms with Crippen LogP contribution in [0, 0.1) is 5.41 Å². The molecule has 5 rings (SSSR count). The van der Waals surface area contributed by atoms with E-state index in [1.54, 1.807) is 30.0 Å². The van der Waals surface area contributed by atoms with Crippen molar-refractivity contribution in [3.8, 4) is 11.5 Å². The predicted molar refractivity (Wildman–Crippen MR) is 161 cm³/mol. The van der Waals surface area contributed by atoms with Gasteiger partial charge in [-0.3, -0.25) is 4.90 Å². The van der Waals surface area contributed by atoms with E-state index in [9.17, 15) is 4.79 Å². The summed E-state index contributed by atoms with van der Waals surface area (Å²) in [5, 5.41) is 0.773. The summed E-state index contributed by atoms with van der Waals surface area (Å²) in [6, 6.07) is 17.3. The molecule has 8 heteroatoms. The third-order valence-corrected chi connectivity index (χ3v) is 8.13. The summed E-state index contributed by atoms with van der Waals surface area (Å²) in [6.07, 6.45) is 4.99. The van der Waals surface area contributed by atoms with Crippen LogP contribution in [0.4, 0.5) is 11.5 Å². The maximum Gasteiger partial charge on any atom is 0.341 e. The minimum Gasteiger partial charge on any atom is -0.465 e. The molecule has 0 radical (unpaired) electrons. The summed E-state index contributed by atoms with van der Waals surface area (Å²) in [5.41, 5.74) is 11.8. The molecule has 1 aliphatic heterocycles. The second kappa shape index (κ2) is 11.9. The molecule has 0 atom stereocenters. The van der Waals surface area contributed by atoms with E-state index in [1.165, 1.54) is 24.7 Å². The number of allylic oxidation sites excluding steroid dienone is 1. The summed E-state index contributed by atoms with van der Waals surface area (Å²) in [4.78, 5) is 21.3. The van der Waals surface area contributed by atoms with Gasteiger partial charge in [0.1, 0.15) is 22.9 Å². The van der Waals surface area contributed by atoms with Gasteiger partial charge in [0.05, 0.1) is 7.11 Å². The average Bonchev–Trinajstić information content (AvgIpc) is 2.94. The van der Waals surface area contributed by atoms with Crippen LogP contribution in [0.25, 0.3) is 5.57 Å². The minimum absolute atomic E-state index is 0.301. The lowest BCUT2D eigenvalue weighted by Crippen LogP contribution is -2.47. The lowest BCUT2D eigenvalue weighted by molar-refractivity contribution is 0.0598. The Hall–Kier alpha value is -3.55. The van der Waals surface area contributed by atoms with Crippen LogP contribution in [-0.2, 0) is 4.74 Å². The van der Waals surface area contributed by atoms with Gasteiger partial charge >= 0.3 is 5.97 Å². The minimum atomic E-state index is -0.450. The third kappa shape index (κ3) is 6.60. The topological polar surface area (TPSA) is 80.9 Å². The van der Waals surface area contributed by atoms with Crippen molar-refractivity contribution < 1.29 is 14.3 Å². The maximum atomic E-state index is 12.4. The van der Waals surface area contributed by atoms with Gasteiger partial charge in [0.2, 0.25) is 0 Å². The molecule has 2 heterocycles. The number of pyridine rings is 1. The SMILES string of the molecule is COC(=O)c1ccc(N2CCN(CC3=C(c4ccc(Cl)cc4)CC(C)(C)CC3)CC2)cc1Oc1ccnc(N)c1. The molecule has 0 bridgehead atoms. The smallest absolute Gasteiger partial charge is 0.341 e. The Morgan fingerprint density at radius 2 is 1.80 bits per heavy atom. The summed E-state index contributed by atoms with van der Waals surface area (Å²) in [7, 11) is 1.37. The number of rotatable bonds is 7. The van der Waals surface area contributed by atoms with Crippen molar-refractivity contribution in [2.45, 2.75) is 33.1 Å². The highest BCUT2D eigenvalue weighted by Gasteiger charge is 2.29. The Morgan fingerprint density at radius 1 is 1.05 bits per heavy atom. The average molecular weight is 561 g/mol. The Morgan fingerprint density at radius 3 is 2.50 bits per heavy atom. The van der Waals surface area contributed by atoms with Crippen LogP contribution < -0.4 is 15.4 Å². The van der Waals surface area contributed by atoms with Crippen molar-refractivity contribution in [1.82, 2.24) is 9.88 Å². The quantitative estimate of drug-likeness (QED) is 0.323. The molecule has 0 saturated carbocycles. The highest BCUT2D eigenvalue weighted by molar-refractivity contribution is 6.30. The number of nitrogens with two attached hydrogens (primary N) is 1. The molecule has 2 N–H and O–H groups in total. The van der Waals surface area contributed by atoms with Crippen molar-refractivity contribution in [2.24, 2.45) is 5.41 Å². The van der Waals surface area contributed by atoms with Crippen molar-refractivity contribution in [3.05, 3.63) is 82.5 Å². The summed E-state index contributed by atoms with van der Waals surface area (Å²) >= 11 is 6.18. The number of halogens is 1. The van der Waals surface area contributed by atoms with E-state index in [0.29, 0.717) is 28.3 Å². The van der Waals surface area contributed by atoms with E-state index in [4.69, 9.17) is 26.8 Å². The van der Waals surface area contributed by atoms with Crippen LogP contribution in [0.1, 0.15) is 49.0 Å². The number of methoxy groups -OCH3 is 1. The number of nitrogens with zero attached hydrogens (tertiary/aromatic N) is 3. The molecule has 0 unspecified atom stereocenters. The summed E-state index contributed by atoms with van der Waals surface area (Å²) in [5.74, 6) is 0.842. The maximum absolute atomic E-state index is 12.4. The first-order valence-corrected chi connectivity index (χ1v) is 14.1. The number of piperazine rings is 1. The predicted octanol–water partition coefficient (Wildman–Crippen LogP) is 6.68. The van der Waals surface area contributed by atoms with Crippen molar-refractivity contribution in [3.63, 3.8) is 0 Å². The summed E-state index contributed by atoms with van der Waals surface area (Å²) in [6.45, 7) is 9.40. The molecule has 1 saturated heterocycles. The number of carbonyl (C=O) groups excluding carboxylic acids is 1. The van der Waals surface area contributed by atoms with Crippen molar-refractivity contribution in [1.29, 1.82) is 0 Å². The number of hydrogen-bond donors (Lipinski definition) is 1. The first-order valence-electron chi connectivity index (χ1n) is 13.8. The number of anilines is 2. The Labute approximate surface area is 241 Å². The number of benzene rings is 2. The Balaban J connectivity index is 1.30. The van der Waals surface area contributed by atoms with Gasteiger partial charge in [-0.2, -0.15) is 0 Å². The van der Waals surface area contributed by atoms with E-state index in [0.717, 1.165) is 56.3 Å². The molecule has 2 aliphatic rings. The van der Waals surface area contributed by atoms with Gasteiger partial charge in [0, 0.05) is 61.8 Å². The van der Waals surface area contributed by atoms with Gasteiger partial charge in [0.25, 0.3) is 0 Å². The van der Waals surface area contributed by atoms with Crippen LogP contribution in [0.15, 0.2) is 66.4 Å². The van der Waals surface area contributed by atoms with Gasteiger partial charge < -0.3 is 20.1 Å². The fourth-order valence-corrected chi connectivity index (χ4v) is 5.71. The Kier molecular flexibility index (Phi) is 8.33. The molecule has 210 valence electrons. The number of esters is 1. The van der Waals surface area contributed by atoms with E-state index in [-0.39, 0.29) is 0 Å². The molecular formula is C32H37ClN4O3. The number of carbonyl (C=O) groups is 1. The van der Waals surface area contributed by atoms with E-state index >= 15 is 0 Å². The fourth-order valence-electron chi connectivity index (χ4n) is 5.59. The van der Waals surface area contributed by atoms with E-state index < -0.39 is 5.97 Å². The van der Waals surface area contributed by atoms with Crippen molar-refractivity contribution in [2.75, 3.05) is 50.5 Å². The first kappa shape index (κ1) is 28.0. The van der Waals surface area contributed by atoms with Crippen LogP contribution in [0.5, 0.6) is 11.5 Å². The highest BCUT2D eigenvalue weighted by Crippen LogP contribution is 2.43. The molecular weight excluding hydrogens is 524 g/mol. The fraction of sp³-hybridized carbons (Fsp3) is 0.375. The zero-order valence-electron chi connectivity index (χ0n) is 23.5. The standard InChI is InChI=1S/C32H37ClN4O3/c1-32(2)12-10-23(28(20-32)22-4-6-24(33)7-5-22)21-36-14-16-37(17-15-36)25-8-9-27(31(38)39-3)29(18-25)40-26-11-13-35-30(34)19-26/h4-9,11,13,18-19H,10,12,14-17,20-21H2,1-3H3,(H2,34,35). The molecule has 0 spiro atoms. The normalized spacial score (nSPS) is 17.6. The van der Waals surface area contributed by atoms with Crippen LogP contribution in [-0.4, -0.2) is 55.7 Å². The van der Waals surface area contributed by atoms with E-state index in [2.05, 4.69) is 40.8 Å². The zero-order valence-corrected chi connectivity index (χ0v) is 24.2. The second-order valence-corrected chi connectivity index (χ2v) is 11.8. The largest absolute Gasteiger partial charge is 0.465 e. The molecule has 1 aromatic heterocycles. The molecule has 0 amide bonds. The molecule has 3 aromatic rings. The second-order valence-electron chi connectivity index (χ2n) is 11.4. The third-order valence-electron chi connectivity index (χ3n) is 7.88. The van der Waals surface area contributed by atoms with Gasteiger partial charge in [-0.15, -0.1) is 0 Å². The number of aromatic nitrogens is 1. The molecule has 2 aromatic carbocycles. The van der Waals surface area contributed by atoms with E-state index in [1.807, 2.05) is 24.3 Å². The molecule has 7 nitrogen and oxygen atoms in total. The first-order chi connectivity index (χ1) is 19.2. The van der Waals surface area contributed by atoms with Gasteiger partial charge in [-0.1, -0.05) is 43.2 Å². The lowest BCUT2D eigenvalue weighted by atomic mass is 9.72. The van der Waals surface area contributed by atoms with Crippen LogP contribution in [0.2, 0.25) is 5.02 Å². The molecule has 1 fully saturated rings. The Bertz CT molecular complexity index is 1400. The zero-order chi connectivity index (χ0) is 28.3. The van der Waals surface area contributed by atoms with Gasteiger partial charge in [0.15, 0.2) is 0 Å². The number of hydrogen-bond acceptors (Lipinski definition) is 7. The summed E-state index contributed by atoms with van der Waals surface area (Å²) < 4.78 is 11.1. The lowest BCUT2D eigenvalue weighted by Gasteiger charge is -2.39.